The molecule has 19 heavy (non-hydrogen) atoms. The van der Waals surface area contributed by atoms with E-state index in [1.807, 2.05) is 6.07 Å². The number of benzene rings is 1. The summed E-state index contributed by atoms with van der Waals surface area (Å²) in [5, 5.41) is 3.11. The standard InChI is InChI=1S/C15H19FN2O/c1-10(11-6-7-11)9-18-14(19)8-17-15(18)12-4-2-3-5-13(12)16/h2-5,10-11,15,17H,6-9H2,1H3. The molecule has 1 heterocycles. The number of amides is 1. The van der Waals surface area contributed by atoms with E-state index in [-0.39, 0.29) is 17.9 Å². The predicted octanol–water partition coefficient (Wildman–Crippen LogP) is 2.30. The molecule has 1 saturated carbocycles. The van der Waals surface area contributed by atoms with Crippen molar-refractivity contribution >= 4 is 5.91 Å². The maximum absolute atomic E-state index is 13.9. The minimum absolute atomic E-state index is 0.0701. The van der Waals surface area contributed by atoms with Gasteiger partial charge in [0.25, 0.3) is 0 Å². The van der Waals surface area contributed by atoms with Crippen LogP contribution in [0, 0.1) is 17.7 Å². The third-order valence-electron chi connectivity index (χ3n) is 4.19. The minimum Gasteiger partial charge on any atom is -0.321 e. The Morgan fingerprint density at radius 1 is 1.42 bits per heavy atom. The molecule has 2 aliphatic rings. The van der Waals surface area contributed by atoms with E-state index in [1.165, 1.54) is 18.9 Å². The minimum atomic E-state index is -0.310. The summed E-state index contributed by atoms with van der Waals surface area (Å²) in [5.41, 5.74) is 0.566. The van der Waals surface area contributed by atoms with Gasteiger partial charge in [-0.15, -0.1) is 0 Å². The first-order valence-electron chi connectivity index (χ1n) is 6.94. The third-order valence-corrected chi connectivity index (χ3v) is 4.19. The molecular weight excluding hydrogens is 243 g/mol. The Hall–Kier alpha value is -1.42. The molecule has 4 heteroatoms. The van der Waals surface area contributed by atoms with Gasteiger partial charge >= 0.3 is 0 Å². The van der Waals surface area contributed by atoms with E-state index < -0.39 is 0 Å². The fourth-order valence-corrected chi connectivity index (χ4v) is 2.85. The first kappa shape index (κ1) is 12.6. The van der Waals surface area contributed by atoms with Crippen molar-refractivity contribution in [1.29, 1.82) is 0 Å². The molecule has 1 N–H and O–H groups in total. The van der Waals surface area contributed by atoms with Crippen LogP contribution in [-0.2, 0) is 4.79 Å². The van der Waals surface area contributed by atoms with Gasteiger partial charge in [-0.2, -0.15) is 0 Å². The molecule has 0 spiro atoms. The fraction of sp³-hybridized carbons (Fsp3) is 0.533. The Kier molecular flexibility index (Phi) is 3.27. The van der Waals surface area contributed by atoms with Gasteiger partial charge in [-0.3, -0.25) is 10.1 Å². The maximum atomic E-state index is 13.9. The molecule has 0 bridgehead atoms. The Morgan fingerprint density at radius 3 is 2.84 bits per heavy atom. The highest BCUT2D eigenvalue weighted by atomic mass is 19.1. The number of carbonyl (C=O) groups excluding carboxylic acids is 1. The van der Waals surface area contributed by atoms with E-state index >= 15 is 0 Å². The Morgan fingerprint density at radius 2 is 2.16 bits per heavy atom. The van der Waals surface area contributed by atoms with Crippen LogP contribution in [0.4, 0.5) is 4.39 Å². The van der Waals surface area contributed by atoms with Crippen LogP contribution in [0.15, 0.2) is 24.3 Å². The van der Waals surface area contributed by atoms with E-state index in [4.69, 9.17) is 0 Å². The summed E-state index contributed by atoms with van der Waals surface area (Å²) >= 11 is 0. The fourth-order valence-electron chi connectivity index (χ4n) is 2.85. The van der Waals surface area contributed by atoms with Crippen LogP contribution in [-0.4, -0.2) is 23.9 Å². The van der Waals surface area contributed by atoms with Gasteiger partial charge in [0.05, 0.1) is 6.54 Å². The van der Waals surface area contributed by atoms with Crippen LogP contribution >= 0.6 is 0 Å². The number of rotatable bonds is 4. The molecule has 1 aliphatic carbocycles. The number of halogens is 1. The van der Waals surface area contributed by atoms with E-state index in [1.54, 1.807) is 17.0 Å². The lowest BCUT2D eigenvalue weighted by Gasteiger charge is -2.27. The van der Waals surface area contributed by atoms with Crippen LogP contribution in [0.1, 0.15) is 31.5 Å². The molecule has 1 aromatic rings. The topological polar surface area (TPSA) is 32.3 Å². The number of nitrogens with one attached hydrogen (secondary N) is 1. The van der Waals surface area contributed by atoms with Crippen LogP contribution < -0.4 is 5.32 Å². The summed E-state index contributed by atoms with van der Waals surface area (Å²) in [6, 6.07) is 6.68. The molecule has 102 valence electrons. The molecule has 0 radical (unpaired) electrons. The molecule has 1 aliphatic heterocycles. The van der Waals surface area contributed by atoms with Crippen LogP contribution in [0.3, 0.4) is 0 Å². The zero-order chi connectivity index (χ0) is 13.4. The average Bonchev–Trinajstić information content (AvgIpc) is 3.18. The van der Waals surface area contributed by atoms with Crippen molar-refractivity contribution in [3.05, 3.63) is 35.6 Å². The highest BCUT2D eigenvalue weighted by molar-refractivity contribution is 5.81. The Labute approximate surface area is 112 Å². The molecule has 1 amide bonds. The number of carbonyl (C=O) groups is 1. The van der Waals surface area contributed by atoms with Crippen molar-refractivity contribution in [1.82, 2.24) is 10.2 Å². The zero-order valence-electron chi connectivity index (χ0n) is 11.1. The van der Waals surface area contributed by atoms with Crippen molar-refractivity contribution in [2.75, 3.05) is 13.1 Å². The van der Waals surface area contributed by atoms with Crippen LogP contribution in [0.2, 0.25) is 0 Å². The first-order valence-corrected chi connectivity index (χ1v) is 6.94. The molecule has 2 unspecified atom stereocenters. The van der Waals surface area contributed by atoms with E-state index in [0.29, 0.717) is 18.0 Å². The van der Waals surface area contributed by atoms with Crippen molar-refractivity contribution < 1.29 is 9.18 Å². The van der Waals surface area contributed by atoms with Gasteiger partial charge in [0.15, 0.2) is 0 Å². The molecule has 1 saturated heterocycles. The molecular formula is C15H19FN2O. The normalized spacial score (nSPS) is 24.8. The number of nitrogens with zero attached hydrogens (tertiary/aromatic N) is 1. The van der Waals surface area contributed by atoms with Gasteiger partial charge < -0.3 is 4.90 Å². The summed E-state index contributed by atoms with van der Waals surface area (Å²) in [4.78, 5) is 13.8. The van der Waals surface area contributed by atoms with Crippen LogP contribution in [0.5, 0.6) is 0 Å². The Balaban J connectivity index is 1.79. The van der Waals surface area contributed by atoms with Crippen molar-refractivity contribution in [3.8, 4) is 0 Å². The summed E-state index contributed by atoms with van der Waals surface area (Å²) in [6.07, 6.45) is 2.22. The maximum Gasteiger partial charge on any atom is 0.238 e. The van der Waals surface area contributed by atoms with Gasteiger partial charge in [0.1, 0.15) is 12.0 Å². The number of hydrogen-bond donors (Lipinski definition) is 1. The van der Waals surface area contributed by atoms with Crippen molar-refractivity contribution in [2.24, 2.45) is 11.8 Å². The highest BCUT2D eigenvalue weighted by Crippen LogP contribution is 2.38. The molecule has 2 atom stereocenters. The predicted molar refractivity (Wildman–Crippen MR) is 70.7 cm³/mol. The molecule has 3 nitrogen and oxygen atoms in total. The SMILES string of the molecule is CC(CN1C(=O)CNC1c1ccccc1F)C1CC1. The first-order chi connectivity index (χ1) is 9.16. The van der Waals surface area contributed by atoms with E-state index in [0.717, 1.165) is 12.5 Å². The highest BCUT2D eigenvalue weighted by Gasteiger charge is 2.37. The molecule has 3 rings (SSSR count). The molecule has 2 fully saturated rings. The smallest absolute Gasteiger partial charge is 0.238 e. The second-order valence-corrected chi connectivity index (χ2v) is 5.67. The summed E-state index contributed by atoms with van der Waals surface area (Å²) in [6.45, 7) is 3.20. The van der Waals surface area contributed by atoms with Crippen molar-refractivity contribution in [3.63, 3.8) is 0 Å². The van der Waals surface area contributed by atoms with Gasteiger partial charge in [0, 0.05) is 12.1 Å². The largest absolute Gasteiger partial charge is 0.321 e. The summed E-state index contributed by atoms with van der Waals surface area (Å²) in [5.74, 6) is 1.06. The van der Waals surface area contributed by atoms with E-state index in [9.17, 15) is 9.18 Å². The molecule has 1 aromatic carbocycles. The number of hydrogen-bond acceptors (Lipinski definition) is 2. The van der Waals surface area contributed by atoms with Gasteiger partial charge in [-0.25, -0.2) is 4.39 Å². The second kappa shape index (κ2) is 4.93. The summed E-state index contributed by atoms with van der Waals surface area (Å²) < 4.78 is 13.9. The lowest BCUT2D eigenvalue weighted by molar-refractivity contribution is -0.128. The van der Waals surface area contributed by atoms with Gasteiger partial charge in [0.2, 0.25) is 5.91 Å². The lowest BCUT2D eigenvalue weighted by Crippen LogP contribution is -2.35. The van der Waals surface area contributed by atoms with E-state index in [2.05, 4.69) is 12.2 Å². The average molecular weight is 262 g/mol. The molecule has 0 aromatic heterocycles. The Bertz CT molecular complexity index is 487. The quantitative estimate of drug-likeness (QED) is 0.903. The lowest BCUT2D eigenvalue weighted by atomic mass is 10.0. The zero-order valence-corrected chi connectivity index (χ0v) is 11.1. The van der Waals surface area contributed by atoms with Gasteiger partial charge in [-0.1, -0.05) is 25.1 Å². The third kappa shape index (κ3) is 2.50. The van der Waals surface area contributed by atoms with Crippen molar-refractivity contribution in [2.45, 2.75) is 25.9 Å². The van der Waals surface area contributed by atoms with Gasteiger partial charge in [-0.05, 0) is 30.7 Å². The summed E-state index contributed by atoms with van der Waals surface area (Å²) in [7, 11) is 0. The monoisotopic (exact) mass is 262 g/mol. The van der Waals surface area contributed by atoms with Crippen LogP contribution in [0.25, 0.3) is 0 Å². The second-order valence-electron chi connectivity index (χ2n) is 5.67.